The van der Waals surface area contributed by atoms with Crippen LogP contribution in [0.5, 0.6) is 0 Å². The minimum atomic E-state index is -4.54. The van der Waals surface area contributed by atoms with E-state index in [1.807, 2.05) is 5.32 Å². The third kappa shape index (κ3) is 3.34. The average molecular weight is 282 g/mol. The van der Waals surface area contributed by atoms with Crippen molar-refractivity contribution >= 4 is 29.1 Å². The molecule has 18 heavy (non-hydrogen) atoms. The van der Waals surface area contributed by atoms with Gasteiger partial charge in [-0.3, -0.25) is 15.0 Å². The van der Waals surface area contributed by atoms with Gasteiger partial charge in [0.2, 0.25) is 0 Å². The summed E-state index contributed by atoms with van der Waals surface area (Å²) in [6.45, 7) is 0. The van der Waals surface area contributed by atoms with Crippen LogP contribution >= 0.6 is 11.6 Å². The zero-order chi connectivity index (χ0) is 13.9. The Balaban J connectivity index is 2.94. The summed E-state index contributed by atoms with van der Waals surface area (Å²) in [5, 5.41) is 1.66. The zero-order valence-electron chi connectivity index (χ0n) is 8.64. The van der Waals surface area contributed by atoms with Gasteiger partial charge in [-0.15, -0.1) is 0 Å². The van der Waals surface area contributed by atoms with E-state index in [2.05, 4.69) is 0 Å². The summed E-state index contributed by atoms with van der Waals surface area (Å²) in [5.74, 6) is 2.42. The van der Waals surface area contributed by atoms with E-state index in [-0.39, 0.29) is 10.7 Å². The number of halogens is 4. The van der Waals surface area contributed by atoms with Gasteiger partial charge in [-0.1, -0.05) is 11.6 Å². The van der Waals surface area contributed by atoms with Gasteiger partial charge >= 0.3 is 18.0 Å². The van der Waals surface area contributed by atoms with Crippen LogP contribution in [-0.4, -0.2) is 11.8 Å². The largest absolute Gasteiger partial charge is 0.416 e. The van der Waals surface area contributed by atoms with Crippen molar-refractivity contribution in [3.05, 3.63) is 28.8 Å². The first-order valence-electron chi connectivity index (χ1n) is 4.44. The molecule has 0 unspecified atom stereocenters. The molecule has 1 rings (SSSR count). The van der Waals surface area contributed by atoms with E-state index in [0.29, 0.717) is 6.07 Å². The molecule has 0 radical (unpaired) electrons. The van der Waals surface area contributed by atoms with Crippen LogP contribution in [0.3, 0.4) is 0 Å². The molecule has 0 aliphatic heterocycles. The first kappa shape index (κ1) is 14.3. The zero-order valence-corrected chi connectivity index (χ0v) is 9.39. The van der Waals surface area contributed by atoms with Crippen molar-refractivity contribution in [2.75, 3.05) is 5.32 Å². The highest BCUT2D eigenvalue weighted by Gasteiger charge is 2.31. The molecule has 98 valence electrons. The number of hydrogen-bond donors (Lipinski definition) is 3. The normalized spacial score (nSPS) is 10.9. The Hall–Kier alpha value is -1.80. The van der Waals surface area contributed by atoms with Gasteiger partial charge in [0.1, 0.15) is 0 Å². The van der Waals surface area contributed by atoms with Gasteiger partial charge in [-0.05, 0) is 18.2 Å². The van der Waals surface area contributed by atoms with Crippen molar-refractivity contribution in [1.82, 2.24) is 5.43 Å². The molecule has 0 saturated carbocycles. The summed E-state index contributed by atoms with van der Waals surface area (Å²) in [7, 11) is 0. The Morgan fingerprint density at radius 1 is 1.22 bits per heavy atom. The lowest BCUT2D eigenvalue weighted by molar-refractivity contribution is -0.137. The highest BCUT2D eigenvalue weighted by molar-refractivity contribution is 6.41. The Labute approximate surface area is 104 Å². The molecule has 0 spiro atoms. The molecule has 0 saturated heterocycles. The van der Waals surface area contributed by atoms with E-state index in [9.17, 15) is 22.8 Å². The fraction of sp³-hybridized carbons (Fsp3) is 0.111. The number of benzene rings is 1. The van der Waals surface area contributed by atoms with Crippen molar-refractivity contribution in [1.29, 1.82) is 0 Å². The van der Waals surface area contributed by atoms with Crippen LogP contribution in [0.15, 0.2) is 18.2 Å². The minimum absolute atomic E-state index is 0.127. The summed E-state index contributed by atoms with van der Waals surface area (Å²) in [5.41, 5.74) is 0.475. The van der Waals surface area contributed by atoms with E-state index in [1.54, 1.807) is 5.43 Å². The van der Waals surface area contributed by atoms with Crippen LogP contribution < -0.4 is 16.6 Å². The van der Waals surface area contributed by atoms with Gasteiger partial charge in [0, 0.05) is 0 Å². The molecule has 9 heteroatoms. The van der Waals surface area contributed by atoms with Gasteiger partial charge in [0.05, 0.1) is 16.3 Å². The molecule has 0 aromatic heterocycles. The lowest BCUT2D eigenvalue weighted by Crippen LogP contribution is -2.39. The minimum Gasteiger partial charge on any atom is -0.316 e. The van der Waals surface area contributed by atoms with Crippen LogP contribution in [0.4, 0.5) is 18.9 Å². The Bertz CT molecular complexity index is 490. The number of hydrogen-bond acceptors (Lipinski definition) is 3. The number of alkyl halides is 3. The molecule has 0 aliphatic rings. The van der Waals surface area contributed by atoms with E-state index in [0.717, 1.165) is 12.1 Å². The predicted molar refractivity (Wildman–Crippen MR) is 57.4 cm³/mol. The molecule has 4 N–H and O–H groups in total. The van der Waals surface area contributed by atoms with Gasteiger partial charge in [0.15, 0.2) is 0 Å². The van der Waals surface area contributed by atoms with E-state index >= 15 is 0 Å². The molecule has 0 heterocycles. The number of nitrogens with two attached hydrogens (primary N) is 1. The summed E-state index contributed by atoms with van der Waals surface area (Å²) >= 11 is 5.55. The number of carbonyl (C=O) groups excluding carboxylic acids is 2. The third-order valence-corrected chi connectivity index (χ3v) is 2.19. The maximum absolute atomic E-state index is 12.3. The molecular weight excluding hydrogens is 275 g/mol. The molecule has 1 aromatic carbocycles. The van der Waals surface area contributed by atoms with Gasteiger partial charge in [0.25, 0.3) is 0 Å². The Morgan fingerprint density at radius 2 is 1.83 bits per heavy atom. The van der Waals surface area contributed by atoms with Crippen LogP contribution in [0.2, 0.25) is 5.02 Å². The standard InChI is InChI=1S/C9H7ClF3N3O2/c10-5-3-4(9(11,12)13)1-2-6(5)15-7(17)8(18)16-14/h1-3H,14H2,(H,15,17)(H,16,18). The van der Waals surface area contributed by atoms with Gasteiger partial charge in [-0.2, -0.15) is 13.2 Å². The van der Waals surface area contributed by atoms with Crippen molar-refractivity contribution in [2.24, 2.45) is 5.84 Å². The lowest BCUT2D eigenvalue weighted by atomic mass is 10.2. The topological polar surface area (TPSA) is 84.2 Å². The SMILES string of the molecule is NNC(=O)C(=O)Nc1ccc(C(F)(F)F)cc1Cl. The summed E-state index contributed by atoms with van der Waals surface area (Å²) in [6.07, 6.45) is -4.54. The average Bonchev–Trinajstić information content (AvgIpc) is 2.29. The number of carbonyl (C=O) groups is 2. The fourth-order valence-electron chi connectivity index (χ4n) is 1.04. The number of hydrazine groups is 1. The molecule has 2 amide bonds. The first-order valence-corrected chi connectivity index (χ1v) is 4.82. The number of rotatable bonds is 1. The number of amides is 2. The summed E-state index contributed by atoms with van der Waals surface area (Å²) < 4.78 is 37.0. The van der Waals surface area contributed by atoms with Crippen LogP contribution in [0.25, 0.3) is 0 Å². The quantitative estimate of drug-likeness (QED) is 0.314. The monoisotopic (exact) mass is 281 g/mol. The van der Waals surface area contributed by atoms with Crippen molar-refractivity contribution in [2.45, 2.75) is 6.18 Å². The number of anilines is 1. The highest BCUT2D eigenvalue weighted by Crippen LogP contribution is 2.33. The van der Waals surface area contributed by atoms with E-state index in [4.69, 9.17) is 17.4 Å². The molecule has 0 atom stereocenters. The van der Waals surface area contributed by atoms with Crippen molar-refractivity contribution in [3.63, 3.8) is 0 Å². The van der Waals surface area contributed by atoms with E-state index in [1.165, 1.54) is 0 Å². The molecular formula is C9H7ClF3N3O2. The van der Waals surface area contributed by atoms with Crippen molar-refractivity contribution < 1.29 is 22.8 Å². The maximum atomic E-state index is 12.3. The van der Waals surface area contributed by atoms with Crippen LogP contribution in [0.1, 0.15) is 5.56 Å². The van der Waals surface area contributed by atoms with E-state index < -0.39 is 23.6 Å². The first-order chi connectivity index (χ1) is 8.25. The molecule has 1 aromatic rings. The fourth-order valence-corrected chi connectivity index (χ4v) is 1.27. The summed E-state index contributed by atoms with van der Waals surface area (Å²) in [6, 6.07) is 2.30. The molecule has 5 nitrogen and oxygen atoms in total. The van der Waals surface area contributed by atoms with Gasteiger partial charge in [-0.25, -0.2) is 5.84 Å². The van der Waals surface area contributed by atoms with Crippen LogP contribution in [-0.2, 0) is 15.8 Å². The van der Waals surface area contributed by atoms with Crippen LogP contribution in [0, 0.1) is 0 Å². The Kier molecular flexibility index (Phi) is 4.15. The maximum Gasteiger partial charge on any atom is 0.416 e. The second kappa shape index (κ2) is 5.23. The lowest BCUT2D eigenvalue weighted by Gasteiger charge is -2.10. The second-order valence-corrected chi connectivity index (χ2v) is 3.53. The summed E-state index contributed by atoms with van der Waals surface area (Å²) in [4.78, 5) is 21.9. The second-order valence-electron chi connectivity index (χ2n) is 3.12. The van der Waals surface area contributed by atoms with Gasteiger partial charge < -0.3 is 5.32 Å². The smallest absolute Gasteiger partial charge is 0.316 e. The predicted octanol–water partition coefficient (Wildman–Crippen LogP) is 1.29. The third-order valence-electron chi connectivity index (χ3n) is 1.88. The highest BCUT2D eigenvalue weighted by atomic mass is 35.5. The molecule has 0 fully saturated rings. The Morgan fingerprint density at radius 3 is 2.28 bits per heavy atom. The molecule has 0 bridgehead atoms. The molecule has 0 aliphatic carbocycles. The number of nitrogens with one attached hydrogen (secondary N) is 2. The van der Waals surface area contributed by atoms with Crippen molar-refractivity contribution in [3.8, 4) is 0 Å².